The Morgan fingerprint density at radius 3 is 1.18 bits per heavy atom. The van der Waals surface area contributed by atoms with E-state index in [0.29, 0.717) is 0 Å². The number of nitrogens with zero attached hydrogens (tertiary/aromatic N) is 1. The van der Waals surface area contributed by atoms with Gasteiger partial charge in [0.05, 0.1) is 22.2 Å². The molecular weight excluding hydrogens is 743 g/mol. The Morgan fingerprint density at radius 2 is 0.733 bits per heavy atom. The number of anilines is 3. The minimum Gasteiger partial charge on any atom is -0.310 e. The van der Waals surface area contributed by atoms with Crippen molar-refractivity contribution in [3.63, 3.8) is 0 Å². The van der Waals surface area contributed by atoms with Crippen LogP contribution in [0.15, 0.2) is 236 Å². The molecule has 282 valence electrons. The second-order valence-corrected chi connectivity index (χ2v) is 16.9. The summed E-state index contributed by atoms with van der Waals surface area (Å²) in [6, 6.07) is 86.1. The fourth-order valence-corrected chi connectivity index (χ4v) is 11.6. The molecule has 9 aromatic carbocycles. The van der Waals surface area contributed by atoms with Gasteiger partial charge in [0.15, 0.2) is 0 Å². The van der Waals surface area contributed by atoms with Crippen LogP contribution in [0.4, 0.5) is 17.1 Å². The van der Waals surface area contributed by atoms with E-state index in [-0.39, 0.29) is 0 Å². The summed E-state index contributed by atoms with van der Waals surface area (Å²) >= 11 is 1.80. The molecule has 12 rings (SSSR count). The van der Waals surface area contributed by atoms with Gasteiger partial charge in [0, 0.05) is 21.5 Å². The van der Waals surface area contributed by atoms with E-state index >= 15 is 0 Å². The van der Waals surface area contributed by atoms with Crippen molar-refractivity contribution in [2.45, 2.75) is 10.8 Å². The van der Waals surface area contributed by atoms with Crippen LogP contribution in [0, 0.1) is 0 Å². The lowest BCUT2D eigenvalue weighted by Crippen LogP contribution is -2.32. The lowest BCUT2D eigenvalue weighted by molar-refractivity contribution is 0.761. The molecule has 10 aromatic rings. The van der Waals surface area contributed by atoms with Gasteiger partial charge in [-0.15, -0.1) is 11.3 Å². The SMILES string of the molecule is c1ccc(C2(c3ccccc3)c3ccccc3-c3cccc(N(c4ccc5ccsc5c4)c4cccc5c4C(c4ccccc4)(c4ccccc4)c4ccccc4-5)c32)cc1. The van der Waals surface area contributed by atoms with Crippen LogP contribution in [-0.4, -0.2) is 0 Å². The molecule has 1 aromatic heterocycles. The molecule has 0 aliphatic heterocycles. The van der Waals surface area contributed by atoms with Crippen LogP contribution in [0.5, 0.6) is 0 Å². The minimum atomic E-state index is -0.604. The van der Waals surface area contributed by atoms with Crippen LogP contribution in [0.3, 0.4) is 0 Å². The van der Waals surface area contributed by atoms with Crippen LogP contribution in [0.2, 0.25) is 0 Å². The van der Waals surface area contributed by atoms with Crippen molar-refractivity contribution >= 4 is 38.5 Å². The molecule has 1 heterocycles. The zero-order valence-electron chi connectivity index (χ0n) is 32.9. The molecule has 60 heavy (non-hydrogen) atoms. The first-order valence-corrected chi connectivity index (χ1v) is 21.6. The molecule has 0 amide bonds. The number of hydrogen-bond donors (Lipinski definition) is 0. The van der Waals surface area contributed by atoms with Crippen molar-refractivity contribution in [2.24, 2.45) is 0 Å². The van der Waals surface area contributed by atoms with E-state index in [1.165, 1.54) is 76.8 Å². The third kappa shape index (κ3) is 4.80. The van der Waals surface area contributed by atoms with Crippen molar-refractivity contribution in [3.8, 4) is 22.3 Å². The lowest BCUT2D eigenvalue weighted by Gasteiger charge is -2.40. The maximum atomic E-state index is 2.61. The molecule has 1 nitrogen and oxygen atoms in total. The molecule has 0 atom stereocenters. The van der Waals surface area contributed by atoms with Crippen LogP contribution in [0.1, 0.15) is 44.5 Å². The molecule has 0 bridgehead atoms. The Morgan fingerprint density at radius 1 is 0.333 bits per heavy atom. The third-order valence-electron chi connectivity index (χ3n) is 13.1. The highest BCUT2D eigenvalue weighted by molar-refractivity contribution is 7.17. The molecule has 0 spiro atoms. The summed E-state index contributed by atoms with van der Waals surface area (Å²) in [6.45, 7) is 0. The van der Waals surface area contributed by atoms with E-state index < -0.39 is 10.8 Å². The first-order chi connectivity index (χ1) is 29.8. The Kier molecular flexibility index (Phi) is 7.91. The van der Waals surface area contributed by atoms with Gasteiger partial charge in [-0.25, -0.2) is 0 Å². The van der Waals surface area contributed by atoms with Crippen molar-refractivity contribution in [3.05, 3.63) is 280 Å². The van der Waals surface area contributed by atoms with E-state index in [1.807, 2.05) is 0 Å². The molecule has 0 fully saturated rings. The Bertz CT molecular complexity index is 2940. The van der Waals surface area contributed by atoms with E-state index in [0.717, 1.165) is 17.1 Å². The van der Waals surface area contributed by atoms with Gasteiger partial charge in [0.2, 0.25) is 0 Å². The summed E-state index contributed by atoms with van der Waals surface area (Å²) in [4.78, 5) is 2.61. The predicted molar refractivity (Wildman–Crippen MR) is 251 cm³/mol. The molecule has 0 radical (unpaired) electrons. The molecule has 2 heteroatoms. The van der Waals surface area contributed by atoms with Crippen LogP contribution in [-0.2, 0) is 10.8 Å². The number of hydrogen-bond acceptors (Lipinski definition) is 2. The van der Waals surface area contributed by atoms with E-state index in [4.69, 9.17) is 0 Å². The molecule has 0 saturated heterocycles. The Balaban J connectivity index is 1.26. The Labute approximate surface area is 355 Å². The average Bonchev–Trinajstić information content (AvgIpc) is 4.01. The smallest absolute Gasteiger partial charge is 0.0734 e. The van der Waals surface area contributed by atoms with Crippen molar-refractivity contribution in [1.82, 2.24) is 0 Å². The summed E-state index contributed by atoms with van der Waals surface area (Å²) in [5.74, 6) is 0. The highest BCUT2D eigenvalue weighted by Gasteiger charge is 2.51. The summed E-state index contributed by atoms with van der Waals surface area (Å²) in [6.07, 6.45) is 0. The topological polar surface area (TPSA) is 3.24 Å². The molecule has 0 saturated carbocycles. The predicted octanol–water partition coefficient (Wildman–Crippen LogP) is 15.1. The number of fused-ring (bicyclic) bond motifs is 7. The summed E-state index contributed by atoms with van der Waals surface area (Å²) in [7, 11) is 0. The van der Waals surface area contributed by atoms with E-state index in [9.17, 15) is 0 Å². The number of rotatable bonds is 7. The van der Waals surface area contributed by atoms with Gasteiger partial charge in [-0.3, -0.25) is 0 Å². The van der Waals surface area contributed by atoms with Crippen LogP contribution < -0.4 is 4.90 Å². The van der Waals surface area contributed by atoms with Gasteiger partial charge in [0.1, 0.15) is 0 Å². The van der Waals surface area contributed by atoms with Gasteiger partial charge in [0.25, 0.3) is 0 Å². The molecular formula is C58H39NS. The van der Waals surface area contributed by atoms with Gasteiger partial charge in [-0.2, -0.15) is 0 Å². The fourth-order valence-electron chi connectivity index (χ4n) is 10.8. The van der Waals surface area contributed by atoms with E-state index in [1.54, 1.807) is 11.3 Å². The molecule has 2 aliphatic rings. The standard InChI is InChI=1S/C58H39NS/c1-5-19-41(20-6-1)57(42-21-7-2-8-22-42)50-31-15-13-27-46(50)48-29-17-33-52(55(48)57)59(45-36-35-40-37-38-60-54(40)39-45)53-34-18-30-49-47-28-14-16-32-51(47)58(56(49)53,43-23-9-3-10-24-43)44-25-11-4-12-26-44/h1-39H. The van der Waals surface area contributed by atoms with Gasteiger partial charge in [-0.1, -0.05) is 200 Å². The number of benzene rings is 9. The van der Waals surface area contributed by atoms with Crippen molar-refractivity contribution in [2.75, 3.05) is 4.90 Å². The third-order valence-corrected chi connectivity index (χ3v) is 14.0. The van der Waals surface area contributed by atoms with Crippen LogP contribution in [0.25, 0.3) is 32.3 Å². The van der Waals surface area contributed by atoms with Crippen molar-refractivity contribution in [1.29, 1.82) is 0 Å². The van der Waals surface area contributed by atoms with Crippen LogP contribution >= 0.6 is 11.3 Å². The lowest BCUT2D eigenvalue weighted by atomic mass is 9.66. The van der Waals surface area contributed by atoms with Crippen molar-refractivity contribution < 1.29 is 0 Å². The zero-order valence-corrected chi connectivity index (χ0v) is 33.7. The van der Waals surface area contributed by atoms with Gasteiger partial charge < -0.3 is 4.90 Å². The Hall–Kier alpha value is -7.26. The molecule has 0 N–H and O–H groups in total. The second kappa shape index (κ2) is 13.7. The van der Waals surface area contributed by atoms with Gasteiger partial charge in [-0.05, 0) is 96.7 Å². The number of thiophene rings is 1. The normalized spacial score (nSPS) is 13.9. The monoisotopic (exact) mass is 781 g/mol. The fraction of sp³-hybridized carbons (Fsp3) is 0.0345. The average molecular weight is 782 g/mol. The van der Waals surface area contributed by atoms with E-state index in [2.05, 4.69) is 241 Å². The largest absolute Gasteiger partial charge is 0.310 e. The first-order valence-electron chi connectivity index (χ1n) is 20.8. The minimum absolute atomic E-state index is 0.604. The maximum absolute atomic E-state index is 2.61. The molecule has 2 aliphatic carbocycles. The summed E-state index contributed by atoms with van der Waals surface area (Å²) < 4.78 is 1.26. The van der Waals surface area contributed by atoms with Gasteiger partial charge >= 0.3 is 0 Å². The summed E-state index contributed by atoms with van der Waals surface area (Å²) in [5.41, 5.74) is 17.4. The summed E-state index contributed by atoms with van der Waals surface area (Å²) in [5, 5.41) is 3.46. The maximum Gasteiger partial charge on any atom is 0.0734 e. The molecule has 0 unspecified atom stereocenters. The zero-order chi connectivity index (χ0) is 39.7. The highest BCUT2D eigenvalue weighted by Crippen LogP contribution is 2.63. The highest BCUT2D eigenvalue weighted by atomic mass is 32.1. The second-order valence-electron chi connectivity index (χ2n) is 15.9. The quantitative estimate of drug-likeness (QED) is 0.156. The first kappa shape index (κ1) is 34.8.